The van der Waals surface area contributed by atoms with Gasteiger partial charge in [-0.3, -0.25) is 0 Å². The Balaban J connectivity index is 0.00000132. The highest BCUT2D eigenvalue weighted by Crippen LogP contribution is 2.61. The molecule has 4 aliphatic rings. The molecule has 1 heterocycles. The molecule has 2 bridgehead atoms. The van der Waals surface area contributed by atoms with Crippen LogP contribution >= 0.6 is 0 Å². The summed E-state index contributed by atoms with van der Waals surface area (Å²) in [5.41, 5.74) is 1.27. The average Bonchev–Trinajstić information content (AvgIpc) is 3.15. The number of methoxy groups -OCH3 is 1. The topological polar surface area (TPSA) is 54.0 Å². The predicted octanol–water partition coefficient (Wildman–Crippen LogP) is 5.56. The lowest BCUT2D eigenvalue weighted by Crippen LogP contribution is -2.59. The van der Waals surface area contributed by atoms with Crippen molar-refractivity contribution < 1.29 is 23.6 Å². The molecule has 1 aromatic rings. The minimum absolute atomic E-state index is 0.185. The van der Waals surface area contributed by atoms with Gasteiger partial charge in [-0.25, -0.2) is 4.79 Å². The molecule has 6 heteroatoms. The van der Waals surface area contributed by atoms with Gasteiger partial charge in [-0.2, -0.15) is 0 Å². The Hall–Kier alpha value is -1.53. The molecule has 1 aliphatic heterocycles. The Morgan fingerprint density at radius 1 is 1.19 bits per heavy atom. The van der Waals surface area contributed by atoms with Crippen molar-refractivity contribution in [3.63, 3.8) is 0 Å². The summed E-state index contributed by atoms with van der Waals surface area (Å²) in [4.78, 5) is 12.6. The lowest BCUT2D eigenvalue weighted by atomic mass is 9.47. The lowest BCUT2D eigenvalue weighted by molar-refractivity contribution is -0.150. The van der Waals surface area contributed by atoms with E-state index in [0.717, 1.165) is 30.6 Å². The van der Waals surface area contributed by atoms with E-state index in [-0.39, 0.29) is 25.3 Å². The highest BCUT2D eigenvalue weighted by Gasteiger charge is 2.61. The number of para-hydroxylation sites is 1. The van der Waals surface area contributed by atoms with Crippen LogP contribution in [0.5, 0.6) is 5.75 Å². The van der Waals surface area contributed by atoms with Gasteiger partial charge in [0.2, 0.25) is 0 Å². The summed E-state index contributed by atoms with van der Waals surface area (Å²) >= 11 is 0. The summed E-state index contributed by atoms with van der Waals surface area (Å²) in [5.74, 6) is 1.60. The SMILES string of the molecule is CC.COc1c(CCB2OC3CC4CC(C3O2)C4(C)C)cccc1C(=O)OC(C)(C)C. The molecule has 31 heavy (non-hydrogen) atoms. The molecule has 0 N–H and O–H groups in total. The summed E-state index contributed by atoms with van der Waals surface area (Å²) in [6.45, 7) is 14.3. The monoisotopic (exact) mass is 430 g/mol. The molecule has 3 saturated carbocycles. The lowest BCUT2D eigenvalue weighted by Gasteiger charge is -2.60. The van der Waals surface area contributed by atoms with Gasteiger partial charge in [0.15, 0.2) is 0 Å². The van der Waals surface area contributed by atoms with Crippen LogP contribution in [0, 0.1) is 17.3 Å². The van der Waals surface area contributed by atoms with Crippen molar-refractivity contribution in [3.05, 3.63) is 29.3 Å². The van der Waals surface area contributed by atoms with Gasteiger partial charge in [0.05, 0.1) is 19.3 Å². The fraction of sp³-hybridized carbons (Fsp3) is 0.720. The Morgan fingerprint density at radius 3 is 2.52 bits per heavy atom. The summed E-state index contributed by atoms with van der Waals surface area (Å²) < 4.78 is 23.7. The molecule has 5 nitrogen and oxygen atoms in total. The van der Waals surface area contributed by atoms with Crippen LogP contribution in [0.3, 0.4) is 0 Å². The standard InChI is InChI=1S/C23H33BO5.C2H6/c1-22(2,3)27-21(25)16-9-7-8-14(19(16)26-6)10-11-24-28-18-13-15-12-17(20(18)29-24)23(15,4)5;1-2/h7-9,15,17-18,20H,10-13H2,1-6H3;1-2H3. The predicted molar refractivity (Wildman–Crippen MR) is 124 cm³/mol. The molecule has 4 atom stereocenters. The number of rotatable bonds is 5. The highest BCUT2D eigenvalue weighted by molar-refractivity contribution is 6.45. The largest absolute Gasteiger partial charge is 0.496 e. The fourth-order valence-corrected chi connectivity index (χ4v) is 5.33. The van der Waals surface area contributed by atoms with E-state index in [1.165, 1.54) is 6.42 Å². The first-order valence-electron chi connectivity index (χ1n) is 11.8. The number of ether oxygens (including phenoxy) is 2. The number of aryl methyl sites for hydroxylation is 1. The molecule has 0 spiro atoms. The average molecular weight is 430 g/mol. The van der Waals surface area contributed by atoms with Gasteiger partial charge >= 0.3 is 13.1 Å². The normalized spacial score (nSPS) is 28.1. The molecule has 1 aromatic carbocycles. The highest BCUT2D eigenvalue weighted by atomic mass is 16.7. The Kier molecular flexibility index (Phi) is 7.12. The van der Waals surface area contributed by atoms with Crippen LogP contribution in [-0.2, 0) is 20.5 Å². The van der Waals surface area contributed by atoms with Gasteiger partial charge in [-0.05, 0) is 75.2 Å². The van der Waals surface area contributed by atoms with Gasteiger partial charge in [0, 0.05) is 0 Å². The number of carbonyl (C=O) groups is 1. The summed E-state index contributed by atoms with van der Waals surface area (Å²) in [6, 6.07) is 5.63. The van der Waals surface area contributed by atoms with E-state index in [1.807, 2.05) is 46.8 Å². The molecule has 3 aliphatic carbocycles. The maximum atomic E-state index is 12.6. The minimum Gasteiger partial charge on any atom is -0.496 e. The second-order valence-electron chi connectivity index (χ2n) is 10.3. The van der Waals surface area contributed by atoms with Gasteiger partial charge in [0.1, 0.15) is 16.9 Å². The molecule has 4 fully saturated rings. The Bertz CT molecular complexity index is 785. The molecule has 4 unspecified atom stereocenters. The van der Waals surface area contributed by atoms with Crippen molar-refractivity contribution >= 4 is 13.1 Å². The first kappa shape index (κ1) is 24.1. The van der Waals surface area contributed by atoms with Crippen LogP contribution in [0.25, 0.3) is 0 Å². The maximum absolute atomic E-state index is 12.6. The van der Waals surface area contributed by atoms with E-state index >= 15 is 0 Å². The molecule has 0 amide bonds. The maximum Gasteiger partial charge on any atom is 0.457 e. The second-order valence-corrected chi connectivity index (χ2v) is 10.3. The number of benzene rings is 1. The molecule has 172 valence electrons. The van der Waals surface area contributed by atoms with Gasteiger partial charge in [-0.15, -0.1) is 0 Å². The first-order valence-corrected chi connectivity index (χ1v) is 11.8. The number of carbonyl (C=O) groups excluding carboxylic acids is 1. The second kappa shape index (κ2) is 9.15. The number of esters is 1. The van der Waals surface area contributed by atoms with Crippen molar-refractivity contribution in [2.45, 2.75) is 91.9 Å². The zero-order valence-electron chi connectivity index (χ0n) is 20.5. The van der Waals surface area contributed by atoms with Crippen molar-refractivity contribution in [2.24, 2.45) is 17.3 Å². The van der Waals surface area contributed by atoms with Crippen LogP contribution in [0.1, 0.15) is 77.2 Å². The summed E-state index contributed by atoms with van der Waals surface area (Å²) in [5, 5.41) is 0. The molecular weight excluding hydrogens is 391 g/mol. The minimum atomic E-state index is -0.547. The van der Waals surface area contributed by atoms with Gasteiger partial charge in [-0.1, -0.05) is 39.8 Å². The van der Waals surface area contributed by atoms with E-state index in [2.05, 4.69) is 13.8 Å². The quantitative estimate of drug-likeness (QED) is 0.452. The first-order chi connectivity index (χ1) is 14.6. The van der Waals surface area contributed by atoms with Crippen molar-refractivity contribution in [1.82, 2.24) is 0 Å². The Labute approximate surface area is 188 Å². The number of hydrogen-bond donors (Lipinski definition) is 0. The summed E-state index contributed by atoms with van der Waals surface area (Å²) in [7, 11) is 1.41. The third-order valence-corrected chi connectivity index (χ3v) is 7.03. The molecular formula is C25H39BO5. The molecule has 1 saturated heterocycles. The molecule has 0 aromatic heterocycles. The third kappa shape index (κ3) is 4.80. The van der Waals surface area contributed by atoms with Crippen LogP contribution in [-0.4, -0.2) is 38.0 Å². The van der Waals surface area contributed by atoms with E-state index in [4.69, 9.17) is 18.8 Å². The van der Waals surface area contributed by atoms with E-state index in [0.29, 0.717) is 22.6 Å². The van der Waals surface area contributed by atoms with Crippen molar-refractivity contribution in [3.8, 4) is 5.75 Å². The van der Waals surface area contributed by atoms with E-state index in [9.17, 15) is 4.79 Å². The van der Waals surface area contributed by atoms with E-state index < -0.39 is 5.60 Å². The van der Waals surface area contributed by atoms with Crippen molar-refractivity contribution in [2.75, 3.05) is 7.11 Å². The molecule has 5 rings (SSSR count). The summed E-state index contributed by atoms with van der Waals surface area (Å²) in [6.07, 6.45) is 4.33. The van der Waals surface area contributed by atoms with Crippen LogP contribution < -0.4 is 4.74 Å². The van der Waals surface area contributed by atoms with Crippen molar-refractivity contribution in [1.29, 1.82) is 0 Å². The van der Waals surface area contributed by atoms with Crippen LogP contribution in [0.2, 0.25) is 6.32 Å². The van der Waals surface area contributed by atoms with Gasteiger partial charge in [0.25, 0.3) is 0 Å². The van der Waals surface area contributed by atoms with Crippen LogP contribution in [0.15, 0.2) is 18.2 Å². The van der Waals surface area contributed by atoms with E-state index in [1.54, 1.807) is 13.2 Å². The fourth-order valence-electron chi connectivity index (χ4n) is 5.33. The zero-order chi connectivity index (χ0) is 23.0. The zero-order valence-corrected chi connectivity index (χ0v) is 20.5. The number of hydrogen-bond acceptors (Lipinski definition) is 5. The molecule has 0 radical (unpaired) electrons. The van der Waals surface area contributed by atoms with Gasteiger partial charge < -0.3 is 18.8 Å². The Morgan fingerprint density at radius 2 is 1.90 bits per heavy atom. The smallest absolute Gasteiger partial charge is 0.457 e. The third-order valence-electron chi connectivity index (χ3n) is 7.03. The van der Waals surface area contributed by atoms with Crippen LogP contribution in [0.4, 0.5) is 0 Å².